The van der Waals surface area contributed by atoms with Crippen LogP contribution in [0.2, 0.25) is 0 Å². The minimum absolute atomic E-state index is 0.281. The Balaban J connectivity index is 1.43. The molecule has 0 N–H and O–H groups in total. The Kier molecular flexibility index (Phi) is 5.00. The summed E-state index contributed by atoms with van der Waals surface area (Å²) < 4.78 is 2.01. The number of aryl methyl sites for hydroxylation is 1. The highest BCUT2D eigenvalue weighted by molar-refractivity contribution is 5.79. The highest BCUT2D eigenvalue weighted by Gasteiger charge is 2.30. The Morgan fingerprint density at radius 1 is 1.15 bits per heavy atom. The van der Waals surface area contributed by atoms with Gasteiger partial charge in [0.05, 0.1) is 11.9 Å². The van der Waals surface area contributed by atoms with Crippen molar-refractivity contribution in [3.8, 4) is 5.82 Å². The second-order valence-corrected chi connectivity index (χ2v) is 7.45. The van der Waals surface area contributed by atoms with Crippen LogP contribution in [0.3, 0.4) is 0 Å². The smallest absolute Gasteiger partial charge is 0.225 e. The summed E-state index contributed by atoms with van der Waals surface area (Å²) in [7, 11) is 0. The van der Waals surface area contributed by atoms with Gasteiger partial charge in [0.25, 0.3) is 0 Å². The molecule has 0 unspecified atom stereocenters. The number of hydrogen-bond donors (Lipinski definition) is 0. The Morgan fingerprint density at radius 3 is 2.65 bits per heavy atom. The molecule has 2 aromatic heterocycles. The molecule has 6 heteroatoms. The van der Waals surface area contributed by atoms with Gasteiger partial charge in [-0.3, -0.25) is 14.3 Å². The summed E-state index contributed by atoms with van der Waals surface area (Å²) in [5.41, 5.74) is 1.03. The number of imidazole rings is 1. The van der Waals surface area contributed by atoms with E-state index in [1.807, 2.05) is 17.0 Å². The first-order valence-corrected chi connectivity index (χ1v) is 9.89. The lowest BCUT2D eigenvalue weighted by Crippen LogP contribution is -2.41. The molecule has 138 valence electrons. The molecule has 1 amide bonds. The molecule has 0 bridgehead atoms. The standard InChI is InChI=1S/C20H27N5O/c1-2-18-22-9-12-25(18)19-14-21-13-17(23-19)15-7-10-24(11-8-15)20(26)16-5-3-4-6-16/h9,12-16H,2-8,10-11H2,1H3. The van der Waals surface area contributed by atoms with E-state index in [0.29, 0.717) is 11.8 Å². The van der Waals surface area contributed by atoms with Crippen LogP contribution in [0.5, 0.6) is 0 Å². The van der Waals surface area contributed by atoms with E-state index in [9.17, 15) is 4.79 Å². The Hall–Kier alpha value is -2.24. The van der Waals surface area contributed by atoms with E-state index in [4.69, 9.17) is 4.98 Å². The molecule has 1 aliphatic carbocycles. The minimum atomic E-state index is 0.281. The van der Waals surface area contributed by atoms with Gasteiger partial charge < -0.3 is 4.90 Å². The fourth-order valence-electron chi connectivity index (χ4n) is 4.31. The number of carbonyl (C=O) groups excluding carboxylic acids is 1. The molecule has 1 saturated carbocycles. The first-order chi connectivity index (χ1) is 12.8. The normalized spacial score (nSPS) is 19.2. The fraction of sp³-hybridized carbons (Fsp3) is 0.600. The van der Waals surface area contributed by atoms with Gasteiger partial charge in [-0.2, -0.15) is 0 Å². The monoisotopic (exact) mass is 353 g/mol. The molecule has 6 nitrogen and oxygen atoms in total. The van der Waals surface area contributed by atoms with Gasteiger partial charge >= 0.3 is 0 Å². The first kappa shape index (κ1) is 17.2. The van der Waals surface area contributed by atoms with E-state index >= 15 is 0 Å². The molecule has 0 aromatic carbocycles. The lowest BCUT2D eigenvalue weighted by atomic mass is 9.92. The van der Waals surface area contributed by atoms with Crippen LogP contribution >= 0.6 is 0 Å². The van der Waals surface area contributed by atoms with Crippen LogP contribution in [0.1, 0.15) is 62.9 Å². The molecule has 2 fully saturated rings. The average Bonchev–Trinajstić information content (AvgIpc) is 3.39. The first-order valence-electron chi connectivity index (χ1n) is 9.89. The molecule has 26 heavy (non-hydrogen) atoms. The number of piperidine rings is 1. The van der Waals surface area contributed by atoms with E-state index in [1.165, 1.54) is 12.8 Å². The molecular formula is C20H27N5O. The third-order valence-electron chi connectivity index (χ3n) is 5.85. The maximum atomic E-state index is 12.6. The van der Waals surface area contributed by atoms with Crippen molar-refractivity contribution < 1.29 is 4.79 Å². The van der Waals surface area contributed by atoms with Crippen molar-refractivity contribution in [2.75, 3.05) is 13.1 Å². The second-order valence-electron chi connectivity index (χ2n) is 7.45. The van der Waals surface area contributed by atoms with Gasteiger partial charge in [0.1, 0.15) is 5.82 Å². The third-order valence-corrected chi connectivity index (χ3v) is 5.85. The van der Waals surface area contributed by atoms with Crippen LogP contribution in [0.15, 0.2) is 24.8 Å². The lowest BCUT2D eigenvalue weighted by Gasteiger charge is -2.33. The number of hydrogen-bond acceptors (Lipinski definition) is 4. The molecule has 1 aliphatic heterocycles. The number of nitrogens with zero attached hydrogens (tertiary/aromatic N) is 5. The van der Waals surface area contributed by atoms with Crippen LogP contribution in [0.25, 0.3) is 5.82 Å². The zero-order chi connectivity index (χ0) is 17.9. The molecule has 3 heterocycles. The van der Waals surface area contributed by atoms with Gasteiger partial charge in [0.2, 0.25) is 5.91 Å². The summed E-state index contributed by atoms with van der Waals surface area (Å²) in [6.07, 6.45) is 14.8. The van der Waals surface area contributed by atoms with E-state index in [1.54, 1.807) is 12.4 Å². The number of rotatable bonds is 4. The van der Waals surface area contributed by atoms with E-state index in [0.717, 1.165) is 62.5 Å². The predicted octanol–water partition coefficient (Wildman–Crippen LogP) is 3.12. The third kappa shape index (κ3) is 3.37. The van der Waals surface area contributed by atoms with Crippen molar-refractivity contribution in [3.63, 3.8) is 0 Å². The zero-order valence-corrected chi connectivity index (χ0v) is 15.5. The van der Waals surface area contributed by atoms with Gasteiger partial charge in [-0.1, -0.05) is 19.8 Å². The van der Waals surface area contributed by atoms with Crippen molar-refractivity contribution in [1.82, 2.24) is 24.4 Å². The topological polar surface area (TPSA) is 63.9 Å². The highest BCUT2D eigenvalue weighted by Crippen LogP contribution is 2.31. The number of carbonyl (C=O) groups is 1. The maximum absolute atomic E-state index is 12.6. The van der Waals surface area contributed by atoms with Gasteiger partial charge in [0.15, 0.2) is 5.82 Å². The molecular weight excluding hydrogens is 326 g/mol. The van der Waals surface area contributed by atoms with Crippen molar-refractivity contribution in [2.24, 2.45) is 5.92 Å². The summed E-state index contributed by atoms with van der Waals surface area (Å²) in [4.78, 5) is 28.3. The summed E-state index contributed by atoms with van der Waals surface area (Å²) in [5.74, 6) is 2.87. The zero-order valence-electron chi connectivity index (χ0n) is 15.5. The summed E-state index contributed by atoms with van der Waals surface area (Å²) >= 11 is 0. The average molecular weight is 353 g/mol. The minimum Gasteiger partial charge on any atom is -0.342 e. The van der Waals surface area contributed by atoms with Gasteiger partial charge in [-0.05, 0) is 25.7 Å². The molecule has 0 radical (unpaired) electrons. The quantitative estimate of drug-likeness (QED) is 0.847. The largest absolute Gasteiger partial charge is 0.342 e. The molecule has 4 rings (SSSR count). The second kappa shape index (κ2) is 7.56. The summed E-state index contributed by atoms with van der Waals surface area (Å²) in [6.45, 7) is 3.78. The Labute approximate surface area is 154 Å². The Bertz CT molecular complexity index is 757. The number of likely N-dealkylation sites (tertiary alicyclic amines) is 1. The molecule has 2 aromatic rings. The molecule has 0 atom stereocenters. The van der Waals surface area contributed by atoms with Crippen LogP contribution in [0.4, 0.5) is 0 Å². The van der Waals surface area contributed by atoms with Gasteiger partial charge in [-0.15, -0.1) is 0 Å². The maximum Gasteiger partial charge on any atom is 0.225 e. The van der Waals surface area contributed by atoms with E-state index in [-0.39, 0.29) is 5.92 Å². The number of amides is 1. The molecule has 2 aliphatic rings. The Morgan fingerprint density at radius 2 is 1.92 bits per heavy atom. The van der Waals surface area contributed by atoms with Crippen LogP contribution in [0, 0.1) is 5.92 Å². The van der Waals surface area contributed by atoms with Crippen molar-refractivity contribution in [2.45, 2.75) is 57.8 Å². The summed E-state index contributed by atoms with van der Waals surface area (Å²) in [6, 6.07) is 0. The van der Waals surface area contributed by atoms with Crippen molar-refractivity contribution >= 4 is 5.91 Å². The SMILES string of the molecule is CCc1nccn1-c1cncc(C2CCN(C(=O)C3CCCC3)CC2)n1. The van der Waals surface area contributed by atoms with Crippen molar-refractivity contribution in [1.29, 1.82) is 0 Å². The lowest BCUT2D eigenvalue weighted by molar-refractivity contribution is -0.136. The van der Waals surface area contributed by atoms with Crippen LogP contribution < -0.4 is 0 Å². The predicted molar refractivity (Wildman–Crippen MR) is 99.0 cm³/mol. The van der Waals surface area contributed by atoms with E-state index in [2.05, 4.69) is 21.8 Å². The van der Waals surface area contributed by atoms with Gasteiger partial charge in [-0.25, -0.2) is 9.97 Å². The molecule has 0 spiro atoms. The molecule has 1 saturated heterocycles. The summed E-state index contributed by atoms with van der Waals surface area (Å²) in [5, 5.41) is 0. The van der Waals surface area contributed by atoms with Crippen molar-refractivity contribution in [3.05, 3.63) is 36.3 Å². The van der Waals surface area contributed by atoms with E-state index < -0.39 is 0 Å². The number of aromatic nitrogens is 4. The van der Waals surface area contributed by atoms with Crippen LogP contribution in [-0.4, -0.2) is 43.4 Å². The fourth-order valence-corrected chi connectivity index (χ4v) is 4.31. The van der Waals surface area contributed by atoms with Crippen LogP contribution in [-0.2, 0) is 11.2 Å². The van der Waals surface area contributed by atoms with Gasteiger partial charge in [0, 0.05) is 49.9 Å². The highest BCUT2D eigenvalue weighted by atomic mass is 16.2.